The summed E-state index contributed by atoms with van der Waals surface area (Å²) in [6.07, 6.45) is 0. The molecule has 178 valence electrons. The summed E-state index contributed by atoms with van der Waals surface area (Å²) in [6.45, 7) is 1.66. The summed E-state index contributed by atoms with van der Waals surface area (Å²) in [4.78, 5) is 49.2. The van der Waals surface area contributed by atoms with Crippen LogP contribution in [0.25, 0.3) is 16.5 Å². The summed E-state index contributed by atoms with van der Waals surface area (Å²) < 4.78 is 19.4. The smallest absolute Gasteiger partial charge is 0.359 e. The van der Waals surface area contributed by atoms with Crippen LogP contribution < -0.4 is 10.9 Å². The fourth-order valence-electron chi connectivity index (χ4n) is 3.22. The van der Waals surface area contributed by atoms with Gasteiger partial charge in [0.1, 0.15) is 15.8 Å². The van der Waals surface area contributed by atoms with E-state index in [1.54, 1.807) is 6.92 Å². The third-order valence-corrected chi connectivity index (χ3v) is 6.04. The highest BCUT2D eigenvalue weighted by Gasteiger charge is 2.24. The number of halogens is 2. The van der Waals surface area contributed by atoms with Crippen molar-refractivity contribution in [3.8, 4) is 5.69 Å². The molecule has 0 radical (unpaired) electrons. The van der Waals surface area contributed by atoms with Crippen molar-refractivity contribution in [2.24, 2.45) is 0 Å². The molecule has 0 spiro atoms. The minimum Gasteiger partial charge on any atom is -0.461 e. The molecule has 2 aromatic heterocycles. The molecule has 0 aliphatic carbocycles. The van der Waals surface area contributed by atoms with Crippen molar-refractivity contribution in [3.05, 3.63) is 90.4 Å². The van der Waals surface area contributed by atoms with Crippen LogP contribution in [-0.4, -0.2) is 33.2 Å². The number of amides is 1. The zero-order valence-corrected chi connectivity index (χ0v) is 19.4. The van der Waals surface area contributed by atoms with Gasteiger partial charge < -0.3 is 10.1 Å². The number of esters is 1. The van der Waals surface area contributed by atoms with E-state index in [4.69, 9.17) is 16.3 Å². The van der Waals surface area contributed by atoms with Gasteiger partial charge in [-0.15, -0.1) is 11.3 Å². The van der Waals surface area contributed by atoms with Crippen LogP contribution in [-0.2, 0) is 4.74 Å². The summed E-state index contributed by atoms with van der Waals surface area (Å²) in [5, 5.41) is 19.3. The number of thiophene rings is 1. The number of nitrogens with zero attached hydrogens (tertiary/aromatic N) is 3. The summed E-state index contributed by atoms with van der Waals surface area (Å²) in [6, 6.07) is 8.39. The van der Waals surface area contributed by atoms with E-state index in [1.807, 2.05) is 0 Å². The van der Waals surface area contributed by atoms with Crippen molar-refractivity contribution in [1.82, 2.24) is 9.78 Å². The van der Waals surface area contributed by atoms with Crippen LogP contribution in [0.5, 0.6) is 0 Å². The van der Waals surface area contributed by atoms with E-state index >= 15 is 0 Å². The first-order valence-electron chi connectivity index (χ1n) is 9.94. The molecule has 13 heteroatoms. The molecule has 4 aromatic rings. The number of rotatable bonds is 6. The molecule has 0 bridgehead atoms. The van der Waals surface area contributed by atoms with Gasteiger partial charge in [-0.2, -0.15) is 9.78 Å². The summed E-state index contributed by atoms with van der Waals surface area (Å²) in [5.41, 5.74) is -1.20. The van der Waals surface area contributed by atoms with Crippen LogP contribution in [0.2, 0.25) is 5.02 Å². The number of anilines is 1. The fourth-order valence-corrected chi connectivity index (χ4v) is 4.34. The SMILES string of the molecule is CCOC(=O)c1nn(-c2ccc(F)cc2)c(=O)c2c(NC(=O)c3ccc(Cl)c([N+](=O)[O-])c3)scc12. The van der Waals surface area contributed by atoms with Gasteiger partial charge in [0.25, 0.3) is 17.2 Å². The lowest BCUT2D eigenvalue weighted by Gasteiger charge is -2.10. The Bertz CT molecular complexity index is 1550. The van der Waals surface area contributed by atoms with Crippen molar-refractivity contribution in [1.29, 1.82) is 0 Å². The molecule has 0 atom stereocenters. The number of nitro groups is 1. The van der Waals surface area contributed by atoms with E-state index in [-0.39, 0.29) is 44.3 Å². The minimum absolute atomic E-state index is 0.0332. The number of fused-ring (bicyclic) bond motifs is 1. The molecule has 0 saturated heterocycles. The van der Waals surface area contributed by atoms with Gasteiger partial charge in [-0.3, -0.25) is 19.7 Å². The van der Waals surface area contributed by atoms with Gasteiger partial charge in [-0.05, 0) is 43.3 Å². The van der Waals surface area contributed by atoms with Crippen molar-refractivity contribution < 1.29 is 23.6 Å². The first kappa shape index (κ1) is 24.0. The lowest BCUT2D eigenvalue weighted by Crippen LogP contribution is -2.25. The topological polar surface area (TPSA) is 133 Å². The molecule has 0 unspecified atom stereocenters. The Kier molecular flexibility index (Phi) is 6.58. The number of ether oxygens (including phenoxy) is 1. The van der Waals surface area contributed by atoms with Crippen LogP contribution in [0.3, 0.4) is 0 Å². The zero-order chi connectivity index (χ0) is 25.3. The van der Waals surface area contributed by atoms with Crippen LogP contribution in [0, 0.1) is 15.9 Å². The van der Waals surface area contributed by atoms with E-state index in [2.05, 4.69) is 10.4 Å². The maximum absolute atomic E-state index is 13.4. The first-order chi connectivity index (χ1) is 16.7. The Hall–Kier alpha value is -4.16. The summed E-state index contributed by atoms with van der Waals surface area (Å²) >= 11 is 6.76. The van der Waals surface area contributed by atoms with Gasteiger partial charge in [-0.25, -0.2) is 9.18 Å². The van der Waals surface area contributed by atoms with E-state index in [0.29, 0.717) is 0 Å². The third-order valence-electron chi connectivity index (χ3n) is 4.82. The van der Waals surface area contributed by atoms with Gasteiger partial charge in [0.15, 0.2) is 5.69 Å². The number of benzene rings is 2. The molecule has 0 aliphatic heterocycles. The van der Waals surface area contributed by atoms with Crippen LogP contribution in [0.15, 0.2) is 52.6 Å². The van der Waals surface area contributed by atoms with Gasteiger partial charge in [-0.1, -0.05) is 11.6 Å². The molecule has 0 fully saturated rings. The Morgan fingerprint density at radius 2 is 1.97 bits per heavy atom. The molecule has 0 aliphatic rings. The summed E-state index contributed by atoms with van der Waals surface area (Å²) in [5.74, 6) is -2.07. The second-order valence-corrected chi connectivity index (χ2v) is 8.28. The standard InChI is InChI=1S/C22H14ClFN4O6S/c1-2-34-22(31)18-14-10-35-20(25-19(29)11-3-8-15(23)16(9-11)28(32)33)17(14)21(30)27(26-18)13-6-4-12(24)5-7-13/h3-10H,2H2,1H3,(H,25,29). The molecule has 2 aromatic carbocycles. The van der Waals surface area contributed by atoms with Gasteiger partial charge in [0.05, 0.1) is 22.6 Å². The number of hydrogen-bond acceptors (Lipinski definition) is 8. The molecule has 4 rings (SSSR count). The van der Waals surface area contributed by atoms with Crippen LogP contribution in [0.1, 0.15) is 27.8 Å². The second-order valence-electron chi connectivity index (χ2n) is 6.99. The second kappa shape index (κ2) is 9.60. The molecule has 1 amide bonds. The Morgan fingerprint density at radius 3 is 2.63 bits per heavy atom. The normalized spacial score (nSPS) is 10.8. The highest BCUT2D eigenvalue weighted by molar-refractivity contribution is 7.16. The highest BCUT2D eigenvalue weighted by atomic mass is 35.5. The molecule has 10 nitrogen and oxygen atoms in total. The fraction of sp³-hybridized carbons (Fsp3) is 0.0909. The monoisotopic (exact) mass is 516 g/mol. The number of nitrogens with one attached hydrogen (secondary N) is 1. The predicted molar refractivity (Wildman–Crippen MR) is 127 cm³/mol. The van der Waals surface area contributed by atoms with Gasteiger partial charge in [0.2, 0.25) is 0 Å². The predicted octanol–water partition coefficient (Wildman–Crippen LogP) is 4.58. The van der Waals surface area contributed by atoms with E-state index in [1.165, 1.54) is 29.6 Å². The lowest BCUT2D eigenvalue weighted by atomic mass is 10.2. The highest BCUT2D eigenvalue weighted by Crippen LogP contribution is 2.32. The average Bonchev–Trinajstić information content (AvgIpc) is 3.24. The average molecular weight is 517 g/mol. The quantitative estimate of drug-likeness (QED) is 0.225. The minimum atomic E-state index is -0.794. The Labute approximate surface area is 204 Å². The van der Waals surface area contributed by atoms with E-state index in [9.17, 15) is 28.9 Å². The van der Waals surface area contributed by atoms with E-state index < -0.39 is 33.9 Å². The number of carbonyl (C=O) groups is 2. The number of hydrogen-bond donors (Lipinski definition) is 1. The van der Waals surface area contributed by atoms with Crippen molar-refractivity contribution >= 4 is 56.3 Å². The van der Waals surface area contributed by atoms with Crippen molar-refractivity contribution in [3.63, 3.8) is 0 Å². The number of aromatic nitrogens is 2. The molecule has 1 N–H and O–H groups in total. The molecule has 0 saturated carbocycles. The largest absolute Gasteiger partial charge is 0.461 e. The van der Waals surface area contributed by atoms with Crippen LogP contribution in [0.4, 0.5) is 15.1 Å². The Balaban J connectivity index is 1.85. The van der Waals surface area contributed by atoms with Gasteiger partial charge >= 0.3 is 5.97 Å². The maximum Gasteiger partial charge on any atom is 0.359 e. The first-order valence-corrected chi connectivity index (χ1v) is 11.2. The van der Waals surface area contributed by atoms with Crippen molar-refractivity contribution in [2.75, 3.05) is 11.9 Å². The molecule has 2 heterocycles. The summed E-state index contributed by atoms with van der Waals surface area (Å²) in [7, 11) is 0. The zero-order valence-electron chi connectivity index (χ0n) is 17.8. The van der Waals surface area contributed by atoms with Crippen LogP contribution >= 0.6 is 22.9 Å². The van der Waals surface area contributed by atoms with E-state index in [0.717, 1.165) is 34.2 Å². The number of carbonyl (C=O) groups excluding carboxylic acids is 2. The molecular formula is C22H14ClFN4O6S. The lowest BCUT2D eigenvalue weighted by molar-refractivity contribution is -0.384. The van der Waals surface area contributed by atoms with Crippen molar-refractivity contribution in [2.45, 2.75) is 6.92 Å². The molecule has 35 heavy (non-hydrogen) atoms. The maximum atomic E-state index is 13.4. The van der Waals surface area contributed by atoms with Gasteiger partial charge in [0, 0.05) is 22.4 Å². The number of nitro benzene ring substituents is 1. The third kappa shape index (κ3) is 4.61. The molecular weight excluding hydrogens is 503 g/mol. The Morgan fingerprint density at radius 1 is 1.26 bits per heavy atom.